The molecule has 1 unspecified atom stereocenters. The van der Waals surface area contributed by atoms with E-state index in [2.05, 4.69) is 22.1 Å². The van der Waals surface area contributed by atoms with Crippen molar-refractivity contribution in [1.29, 1.82) is 0 Å². The zero-order valence-electron chi connectivity index (χ0n) is 9.01. The summed E-state index contributed by atoms with van der Waals surface area (Å²) in [5.74, 6) is 1.06. The number of thiophene rings is 1. The van der Waals surface area contributed by atoms with Gasteiger partial charge in [-0.05, 0) is 24.3 Å². The summed E-state index contributed by atoms with van der Waals surface area (Å²) in [5, 5.41) is 7.98. The molecule has 2 N–H and O–H groups in total. The Hall–Kier alpha value is -1.46. The predicted octanol–water partition coefficient (Wildman–Crippen LogP) is 2.68. The van der Waals surface area contributed by atoms with E-state index < -0.39 is 0 Å². The third-order valence-corrected chi connectivity index (χ3v) is 3.14. The number of aryl methyl sites for hydroxylation is 1. The zero-order chi connectivity index (χ0) is 11.5. The van der Waals surface area contributed by atoms with Crippen LogP contribution in [0.1, 0.15) is 23.9 Å². The molecule has 0 bridgehead atoms. The summed E-state index contributed by atoms with van der Waals surface area (Å²) in [7, 11) is 0. The number of rotatable bonds is 4. The van der Waals surface area contributed by atoms with Crippen molar-refractivity contribution in [2.45, 2.75) is 19.4 Å². The highest BCUT2D eigenvalue weighted by atomic mass is 32.1. The first-order chi connectivity index (χ1) is 7.72. The summed E-state index contributed by atoms with van der Waals surface area (Å²) in [4.78, 5) is 4.29. The third-order valence-electron chi connectivity index (χ3n) is 2.28. The lowest BCUT2D eigenvalue weighted by molar-refractivity contribution is 0.356. The molecule has 0 spiro atoms. The average Bonchev–Trinajstić information content (AvgIpc) is 2.86. The second kappa shape index (κ2) is 4.59. The van der Waals surface area contributed by atoms with Crippen LogP contribution in [0.5, 0.6) is 0 Å². The quantitative estimate of drug-likeness (QED) is 0.827. The third kappa shape index (κ3) is 2.05. The van der Waals surface area contributed by atoms with Gasteiger partial charge in [-0.25, -0.2) is 0 Å². The number of hydrogen-bond donors (Lipinski definition) is 1. The van der Waals surface area contributed by atoms with E-state index >= 15 is 0 Å². The van der Waals surface area contributed by atoms with Gasteiger partial charge in [0.05, 0.1) is 6.04 Å². The van der Waals surface area contributed by atoms with E-state index in [1.165, 1.54) is 0 Å². The van der Waals surface area contributed by atoms with Crippen LogP contribution in [0.2, 0.25) is 0 Å². The minimum absolute atomic E-state index is 0.266. The lowest BCUT2D eigenvalue weighted by Crippen LogP contribution is -2.09. The van der Waals surface area contributed by atoms with E-state index in [-0.39, 0.29) is 6.04 Å². The Morgan fingerprint density at radius 3 is 3.06 bits per heavy atom. The van der Waals surface area contributed by atoms with Crippen LogP contribution in [0, 0.1) is 6.92 Å². The van der Waals surface area contributed by atoms with E-state index in [0.717, 1.165) is 11.1 Å². The molecule has 4 nitrogen and oxygen atoms in total. The van der Waals surface area contributed by atoms with Gasteiger partial charge in [-0.1, -0.05) is 11.2 Å². The van der Waals surface area contributed by atoms with Crippen LogP contribution in [0.3, 0.4) is 0 Å². The van der Waals surface area contributed by atoms with Crippen molar-refractivity contribution in [3.05, 3.63) is 34.9 Å². The van der Waals surface area contributed by atoms with Gasteiger partial charge >= 0.3 is 0 Å². The van der Waals surface area contributed by atoms with Gasteiger partial charge in [-0.3, -0.25) is 0 Å². The van der Waals surface area contributed by atoms with Crippen molar-refractivity contribution < 1.29 is 4.52 Å². The molecule has 0 radical (unpaired) electrons. The summed E-state index contributed by atoms with van der Waals surface area (Å²) < 4.78 is 5.13. The molecule has 2 aromatic heterocycles. The molecule has 2 heterocycles. The molecule has 0 saturated carbocycles. The van der Waals surface area contributed by atoms with Gasteiger partial charge in [0.1, 0.15) is 0 Å². The van der Waals surface area contributed by atoms with Crippen molar-refractivity contribution in [3.8, 4) is 11.4 Å². The van der Waals surface area contributed by atoms with Gasteiger partial charge in [0.2, 0.25) is 11.7 Å². The Balaban J connectivity index is 2.26. The van der Waals surface area contributed by atoms with Gasteiger partial charge in [0.25, 0.3) is 0 Å². The molecule has 1 atom stereocenters. The normalized spacial score (nSPS) is 12.6. The molecule has 0 amide bonds. The number of nitrogens with two attached hydrogens (primary N) is 1. The molecule has 16 heavy (non-hydrogen) atoms. The summed E-state index contributed by atoms with van der Waals surface area (Å²) in [6, 6.07) is -0.266. The largest absolute Gasteiger partial charge is 0.337 e. The summed E-state index contributed by atoms with van der Waals surface area (Å²) in [6.45, 7) is 5.65. The number of hydrogen-bond acceptors (Lipinski definition) is 5. The number of nitrogens with zero attached hydrogens (tertiary/aromatic N) is 2. The van der Waals surface area contributed by atoms with E-state index in [4.69, 9.17) is 10.3 Å². The summed E-state index contributed by atoms with van der Waals surface area (Å²) in [6.07, 6.45) is 2.37. The SMILES string of the molecule is C=CCC(N)c1nc(-c2cscc2C)no1. The van der Waals surface area contributed by atoms with Gasteiger partial charge in [-0.15, -0.1) is 6.58 Å². The fourth-order valence-electron chi connectivity index (χ4n) is 1.37. The molecule has 0 aliphatic heterocycles. The van der Waals surface area contributed by atoms with Gasteiger partial charge in [0.15, 0.2) is 0 Å². The van der Waals surface area contributed by atoms with Crippen LogP contribution < -0.4 is 5.73 Å². The fourth-order valence-corrected chi connectivity index (χ4v) is 2.19. The first-order valence-corrected chi connectivity index (χ1v) is 5.90. The summed E-state index contributed by atoms with van der Waals surface area (Å²) >= 11 is 1.62. The van der Waals surface area contributed by atoms with Gasteiger partial charge in [-0.2, -0.15) is 16.3 Å². The Kier molecular flexibility index (Phi) is 3.17. The first-order valence-electron chi connectivity index (χ1n) is 4.95. The van der Waals surface area contributed by atoms with Crippen LogP contribution >= 0.6 is 11.3 Å². The molecular weight excluding hydrogens is 222 g/mol. The lowest BCUT2D eigenvalue weighted by Gasteiger charge is -2.00. The number of aromatic nitrogens is 2. The molecule has 2 rings (SSSR count). The van der Waals surface area contributed by atoms with Crippen molar-refractivity contribution in [1.82, 2.24) is 10.1 Å². The Morgan fingerprint density at radius 1 is 1.62 bits per heavy atom. The summed E-state index contributed by atoms with van der Waals surface area (Å²) in [5.41, 5.74) is 8.00. The molecule has 84 valence electrons. The predicted molar refractivity (Wildman–Crippen MR) is 64.1 cm³/mol. The van der Waals surface area contributed by atoms with Crippen molar-refractivity contribution in [2.24, 2.45) is 5.73 Å². The lowest BCUT2D eigenvalue weighted by atomic mass is 10.2. The van der Waals surface area contributed by atoms with E-state index in [9.17, 15) is 0 Å². The second-order valence-corrected chi connectivity index (χ2v) is 4.30. The van der Waals surface area contributed by atoms with Crippen molar-refractivity contribution in [3.63, 3.8) is 0 Å². The van der Waals surface area contributed by atoms with Crippen molar-refractivity contribution >= 4 is 11.3 Å². The Labute approximate surface area is 97.8 Å². The highest BCUT2D eigenvalue weighted by Crippen LogP contribution is 2.25. The molecule has 0 aliphatic carbocycles. The van der Waals surface area contributed by atoms with Gasteiger partial charge < -0.3 is 10.3 Å². The highest BCUT2D eigenvalue weighted by molar-refractivity contribution is 7.08. The first kappa shape index (κ1) is 11.0. The monoisotopic (exact) mass is 235 g/mol. The van der Waals surface area contributed by atoms with Crippen LogP contribution in [0.4, 0.5) is 0 Å². The smallest absolute Gasteiger partial charge is 0.244 e. The topological polar surface area (TPSA) is 64.9 Å². The van der Waals surface area contributed by atoms with Crippen LogP contribution in [0.15, 0.2) is 27.9 Å². The van der Waals surface area contributed by atoms with Crippen LogP contribution in [-0.2, 0) is 0 Å². The van der Waals surface area contributed by atoms with E-state index in [1.807, 2.05) is 12.3 Å². The Morgan fingerprint density at radius 2 is 2.44 bits per heavy atom. The van der Waals surface area contributed by atoms with Gasteiger partial charge in [0, 0.05) is 10.9 Å². The maximum Gasteiger partial charge on any atom is 0.244 e. The minimum atomic E-state index is -0.266. The molecule has 0 aliphatic rings. The average molecular weight is 235 g/mol. The minimum Gasteiger partial charge on any atom is -0.337 e. The standard InChI is InChI=1S/C11H13N3OS/c1-3-4-9(12)11-13-10(14-15-11)8-6-16-5-7(8)2/h3,5-6,9H,1,4,12H2,2H3. The molecule has 0 saturated heterocycles. The maximum atomic E-state index is 5.85. The highest BCUT2D eigenvalue weighted by Gasteiger charge is 2.15. The molecular formula is C11H13N3OS. The van der Waals surface area contributed by atoms with Crippen LogP contribution in [-0.4, -0.2) is 10.1 Å². The van der Waals surface area contributed by atoms with E-state index in [0.29, 0.717) is 18.1 Å². The van der Waals surface area contributed by atoms with E-state index in [1.54, 1.807) is 17.4 Å². The maximum absolute atomic E-state index is 5.85. The fraction of sp³-hybridized carbons (Fsp3) is 0.273. The molecule has 0 fully saturated rings. The van der Waals surface area contributed by atoms with Crippen molar-refractivity contribution in [2.75, 3.05) is 0 Å². The zero-order valence-corrected chi connectivity index (χ0v) is 9.83. The molecule has 2 aromatic rings. The Bertz CT molecular complexity index is 489. The molecule has 0 aromatic carbocycles. The second-order valence-electron chi connectivity index (χ2n) is 3.56. The van der Waals surface area contributed by atoms with Crippen LogP contribution in [0.25, 0.3) is 11.4 Å². The molecule has 5 heteroatoms.